The summed E-state index contributed by atoms with van der Waals surface area (Å²) in [7, 11) is 3.67. The van der Waals surface area contributed by atoms with E-state index in [0.29, 0.717) is 42.9 Å². The third kappa shape index (κ3) is 9.58. The number of rotatable bonds is 18. The highest BCUT2D eigenvalue weighted by Crippen LogP contribution is 2.29. The van der Waals surface area contributed by atoms with Crippen molar-refractivity contribution >= 4 is 17.4 Å². The van der Waals surface area contributed by atoms with Crippen molar-refractivity contribution < 1.29 is 19.1 Å². The number of benzene rings is 3. The van der Waals surface area contributed by atoms with Crippen LogP contribution in [0.3, 0.4) is 0 Å². The van der Waals surface area contributed by atoms with Gasteiger partial charge in [0.1, 0.15) is 5.75 Å². The number of nitrogens with one attached hydrogen (secondary N) is 1. The first-order valence-electron chi connectivity index (χ1n) is 16.3. The van der Waals surface area contributed by atoms with Gasteiger partial charge in [0.15, 0.2) is 5.78 Å². The molecule has 6 heteroatoms. The zero-order valence-electron chi connectivity index (χ0n) is 27.3. The Morgan fingerprint density at radius 2 is 1.49 bits per heavy atom. The molecule has 0 radical (unpaired) electrons. The Kier molecular flexibility index (Phi) is 12.9. The number of hydrogen-bond donors (Lipinski definition) is 1. The van der Waals surface area contributed by atoms with Crippen molar-refractivity contribution in [1.29, 1.82) is 0 Å². The van der Waals surface area contributed by atoms with Gasteiger partial charge in [-0.05, 0) is 93.2 Å². The van der Waals surface area contributed by atoms with Crippen molar-refractivity contribution in [3.63, 3.8) is 0 Å². The maximum Gasteiger partial charge on any atom is 0.305 e. The van der Waals surface area contributed by atoms with E-state index in [1.165, 1.54) is 11.1 Å². The number of aromatic nitrogens is 1. The minimum Gasteiger partial charge on any atom is -0.495 e. The highest BCUT2D eigenvalue weighted by Gasteiger charge is 2.21. The number of esters is 1. The number of anilines is 1. The van der Waals surface area contributed by atoms with Gasteiger partial charge in [0, 0.05) is 42.5 Å². The van der Waals surface area contributed by atoms with E-state index in [0.717, 1.165) is 61.5 Å². The molecule has 0 saturated carbocycles. The summed E-state index contributed by atoms with van der Waals surface area (Å²) in [5, 5.41) is 3.65. The zero-order valence-corrected chi connectivity index (χ0v) is 27.3. The number of nitrogens with zero attached hydrogens (tertiary/aromatic N) is 1. The van der Waals surface area contributed by atoms with Crippen LogP contribution < -0.4 is 10.1 Å². The molecular formula is C39H48N2O4. The van der Waals surface area contributed by atoms with Crippen LogP contribution in [0.2, 0.25) is 0 Å². The second-order valence-electron chi connectivity index (χ2n) is 11.6. The van der Waals surface area contributed by atoms with Crippen molar-refractivity contribution in [2.45, 2.75) is 65.2 Å². The topological polar surface area (TPSA) is 69.6 Å². The zero-order chi connectivity index (χ0) is 32.0. The Balaban J connectivity index is 1.49. The number of aryl methyl sites for hydroxylation is 3. The van der Waals surface area contributed by atoms with Gasteiger partial charge in [-0.15, -0.1) is 0 Å². The minimum atomic E-state index is -0.181. The van der Waals surface area contributed by atoms with Crippen molar-refractivity contribution in [2.75, 3.05) is 25.6 Å². The van der Waals surface area contributed by atoms with Crippen LogP contribution in [0.5, 0.6) is 5.75 Å². The Morgan fingerprint density at radius 3 is 2.07 bits per heavy atom. The first-order valence-corrected chi connectivity index (χ1v) is 16.3. The number of hydrogen-bond acceptors (Lipinski definition) is 5. The maximum atomic E-state index is 13.9. The average Bonchev–Trinajstić information content (AvgIpc) is 3.39. The Labute approximate surface area is 268 Å². The monoisotopic (exact) mass is 608 g/mol. The summed E-state index contributed by atoms with van der Waals surface area (Å²) in [5.74, 6) is 0.973. The van der Waals surface area contributed by atoms with E-state index in [1.54, 1.807) is 7.11 Å². The first-order chi connectivity index (χ1) is 21.9. The molecule has 0 aliphatic carbocycles. The van der Waals surface area contributed by atoms with Crippen LogP contribution in [0.4, 0.5) is 5.69 Å². The van der Waals surface area contributed by atoms with Gasteiger partial charge in [0.25, 0.3) is 0 Å². The van der Waals surface area contributed by atoms with Crippen LogP contribution in [-0.2, 0) is 42.3 Å². The molecule has 1 N–H and O–H groups in total. The molecule has 1 aromatic heterocycles. The summed E-state index contributed by atoms with van der Waals surface area (Å²) in [4.78, 5) is 25.7. The molecule has 238 valence electrons. The number of carbonyl (C=O) groups is 2. The highest BCUT2D eigenvalue weighted by molar-refractivity contribution is 6.10. The fourth-order valence-corrected chi connectivity index (χ4v) is 5.99. The van der Waals surface area contributed by atoms with E-state index in [9.17, 15) is 9.59 Å². The van der Waals surface area contributed by atoms with Crippen LogP contribution in [0.25, 0.3) is 0 Å². The predicted molar refractivity (Wildman–Crippen MR) is 182 cm³/mol. The van der Waals surface area contributed by atoms with Crippen LogP contribution in [0.15, 0.2) is 84.9 Å². The van der Waals surface area contributed by atoms with Crippen LogP contribution in [0.1, 0.15) is 78.0 Å². The van der Waals surface area contributed by atoms with Gasteiger partial charge < -0.3 is 19.4 Å². The number of carbonyl (C=O) groups excluding carboxylic acids is 2. The van der Waals surface area contributed by atoms with E-state index in [-0.39, 0.29) is 11.8 Å². The molecule has 6 nitrogen and oxygen atoms in total. The first kappa shape index (κ1) is 33.6. The predicted octanol–water partition coefficient (Wildman–Crippen LogP) is 8.01. The standard InChI is InChI=1S/C39H48N2O4/c1-5-36-34(27-33(41(36)3)18-13-19-38(42)45-6-2)39(43)32-24-25-37(44-4)35(26-32)40-28-31(22-20-29-14-9-7-10-15-29)23-21-30-16-11-8-12-17-30/h7-12,14-17,24-27,31,40H,5-6,13,18-23,28H2,1-4H3. The SMILES string of the molecule is CCOC(=O)CCCc1cc(C(=O)c2ccc(OC)c(NCC(CCc3ccccc3)CCc3ccccc3)c2)c(CC)n1C. The molecule has 3 aromatic carbocycles. The highest BCUT2D eigenvalue weighted by atomic mass is 16.5. The third-order valence-electron chi connectivity index (χ3n) is 8.57. The maximum absolute atomic E-state index is 13.9. The van der Waals surface area contributed by atoms with Crippen LogP contribution in [-0.4, -0.2) is 36.6 Å². The average molecular weight is 609 g/mol. The summed E-state index contributed by atoms with van der Waals surface area (Å²) < 4.78 is 12.9. The molecule has 0 unspecified atom stereocenters. The Hall–Kier alpha value is -4.32. The molecule has 0 spiro atoms. The lowest BCUT2D eigenvalue weighted by Gasteiger charge is -2.20. The van der Waals surface area contributed by atoms with Gasteiger partial charge in [-0.3, -0.25) is 9.59 Å². The summed E-state index contributed by atoms with van der Waals surface area (Å²) in [6.45, 7) is 5.06. The molecule has 4 aromatic rings. The van der Waals surface area contributed by atoms with Crippen molar-refractivity contribution in [3.05, 3.63) is 119 Å². The van der Waals surface area contributed by atoms with Crippen molar-refractivity contribution in [2.24, 2.45) is 13.0 Å². The number of ether oxygens (including phenoxy) is 2. The normalized spacial score (nSPS) is 11.0. The summed E-state index contributed by atoms with van der Waals surface area (Å²) >= 11 is 0. The quantitative estimate of drug-likeness (QED) is 0.0916. The second-order valence-corrected chi connectivity index (χ2v) is 11.6. The molecule has 45 heavy (non-hydrogen) atoms. The fraction of sp³-hybridized carbons (Fsp3) is 0.385. The van der Waals surface area contributed by atoms with Crippen LogP contribution >= 0.6 is 0 Å². The molecule has 0 aliphatic rings. The second kappa shape index (κ2) is 17.2. The third-order valence-corrected chi connectivity index (χ3v) is 8.57. The van der Waals surface area contributed by atoms with E-state index in [4.69, 9.17) is 9.47 Å². The molecular weight excluding hydrogens is 560 g/mol. The van der Waals surface area contributed by atoms with Gasteiger partial charge in [0.05, 0.1) is 19.4 Å². The molecule has 0 amide bonds. The summed E-state index contributed by atoms with van der Waals surface area (Å²) in [6, 6.07) is 29.0. The lowest BCUT2D eigenvalue weighted by atomic mass is 9.93. The van der Waals surface area contributed by atoms with Crippen molar-refractivity contribution in [1.82, 2.24) is 4.57 Å². The van der Waals surface area contributed by atoms with Crippen LogP contribution in [0, 0.1) is 5.92 Å². The molecule has 4 rings (SSSR count). The van der Waals surface area contributed by atoms with Gasteiger partial charge in [-0.2, -0.15) is 0 Å². The largest absolute Gasteiger partial charge is 0.495 e. The summed E-state index contributed by atoms with van der Waals surface area (Å²) in [6.07, 6.45) is 6.66. The minimum absolute atomic E-state index is 0.00509. The Bertz CT molecular complexity index is 1470. The van der Waals surface area contributed by atoms with Gasteiger partial charge in [0.2, 0.25) is 0 Å². The smallest absolute Gasteiger partial charge is 0.305 e. The molecule has 0 fully saturated rings. The van der Waals surface area contributed by atoms with E-state index >= 15 is 0 Å². The Morgan fingerprint density at radius 1 is 0.844 bits per heavy atom. The van der Waals surface area contributed by atoms with E-state index in [1.807, 2.05) is 38.2 Å². The number of methoxy groups -OCH3 is 1. The molecule has 0 bridgehead atoms. The molecule has 0 atom stereocenters. The lowest BCUT2D eigenvalue weighted by Crippen LogP contribution is -2.17. The molecule has 0 saturated heterocycles. The van der Waals surface area contributed by atoms with E-state index < -0.39 is 0 Å². The lowest BCUT2D eigenvalue weighted by molar-refractivity contribution is -0.143. The summed E-state index contributed by atoms with van der Waals surface area (Å²) in [5.41, 5.74) is 6.91. The van der Waals surface area contributed by atoms with Gasteiger partial charge in [-0.25, -0.2) is 0 Å². The molecule has 0 aliphatic heterocycles. The molecule has 1 heterocycles. The van der Waals surface area contributed by atoms with Gasteiger partial charge >= 0.3 is 5.97 Å². The number of ketones is 1. The van der Waals surface area contributed by atoms with Crippen molar-refractivity contribution in [3.8, 4) is 5.75 Å². The van der Waals surface area contributed by atoms with E-state index in [2.05, 4.69) is 77.5 Å². The van der Waals surface area contributed by atoms with Gasteiger partial charge in [-0.1, -0.05) is 67.6 Å². The fourth-order valence-electron chi connectivity index (χ4n) is 5.99.